The van der Waals surface area contributed by atoms with E-state index in [9.17, 15) is 14.0 Å². The number of hydrogen-bond acceptors (Lipinski definition) is 4. The first-order valence-electron chi connectivity index (χ1n) is 11.0. The fraction of sp³-hybridized carbons (Fsp3) is 0.400. The van der Waals surface area contributed by atoms with Gasteiger partial charge in [-0.2, -0.15) is 5.26 Å². The zero-order valence-corrected chi connectivity index (χ0v) is 18.2. The summed E-state index contributed by atoms with van der Waals surface area (Å²) in [6, 6.07) is 11.2. The van der Waals surface area contributed by atoms with Crippen LogP contribution in [0, 0.1) is 30.0 Å². The first-order valence-corrected chi connectivity index (χ1v) is 11.0. The van der Waals surface area contributed by atoms with E-state index in [0.717, 1.165) is 24.2 Å². The molecule has 2 aromatic carbocycles. The Morgan fingerprint density at radius 3 is 2.59 bits per heavy atom. The number of nitrogens with one attached hydrogen (secondary N) is 1. The molecule has 0 radical (unpaired) electrons. The van der Waals surface area contributed by atoms with Crippen LogP contribution in [-0.2, 0) is 11.3 Å². The second-order valence-electron chi connectivity index (χ2n) is 8.69. The number of benzene rings is 2. The van der Waals surface area contributed by atoms with Gasteiger partial charge in [0, 0.05) is 50.4 Å². The second kappa shape index (κ2) is 9.49. The third-order valence-corrected chi connectivity index (χ3v) is 6.26. The molecule has 32 heavy (non-hydrogen) atoms. The van der Waals surface area contributed by atoms with Gasteiger partial charge in [-0.25, -0.2) is 4.39 Å². The highest BCUT2D eigenvalue weighted by Gasteiger charge is 2.28. The highest BCUT2D eigenvalue weighted by atomic mass is 19.1. The van der Waals surface area contributed by atoms with Crippen LogP contribution in [0.3, 0.4) is 0 Å². The lowest BCUT2D eigenvalue weighted by molar-refractivity contribution is -0.133. The largest absolute Gasteiger partial charge is 0.340 e. The highest BCUT2D eigenvalue weighted by molar-refractivity contribution is 6.04. The number of halogens is 1. The molecular formula is C25H27FN4O2. The molecule has 0 spiro atoms. The number of anilines is 1. The van der Waals surface area contributed by atoms with E-state index in [0.29, 0.717) is 48.8 Å². The molecule has 166 valence electrons. The summed E-state index contributed by atoms with van der Waals surface area (Å²) in [7, 11) is 0. The van der Waals surface area contributed by atoms with Crippen molar-refractivity contribution in [2.24, 2.45) is 5.92 Å². The number of amides is 2. The number of nitrogens with zero attached hydrogens (tertiary/aromatic N) is 3. The van der Waals surface area contributed by atoms with Crippen molar-refractivity contribution in [3.8, 4) is 6.07 Å². The molecule has 7 heteroatoms. The smallest absolute Gasteiger partial charge is 0.255 e. The van der Waals surface area contributed by atoms with Crippen molar-refractivity contribution in [2.45, 2.75) is 32.7 Å². The molecule has 2 aromatic rings. The number of carbonyl (C=O) groups excluding carboxylic acids is 2. The number of piperazine rings is 1. The van der Waals surface area contributed by atoms with Crippen molar-refractivity contribution >= 4 is 17.5 Å². The average molecular weight is 435 g/mol. The van der Waals surface area contributed by atoms with Gasteiger partial charge in [0.1, 0.15) is 5.82 Å². The molecule has 1 saturated heterocycles. The van der Waals surface area contributed by atoms with E-state index in [1.165, 1.54) is 31.0 Å². The Morgan fingerprint density at radius 1 is 1.16 bits per heavy atom. The molecule has 4 rings (SSSR count). The Bertz CT molecular complexity index is 1070. The molecule has 1 aliphatic carbocycles. The molecule has 0 unspecified atom stereocenters. The fourth-order valence-corrected chi connectivity index (χ4v) is 4.05. The van der Waals surface area contributed by atoms with E-state index in [-0.39, 0.29) is 11.8 Å². The maximum atomic E-state index is 14.4. The summed E-state index contributed by atoms with van der Waals surface area (Å²) in [5, 5.41) is 11.8. The SMILES string of the molecule is Cc1c(CN2CCN(C(=O)CC3CC3)CC2)cc(F)cc1NC(=O)c1cccc(C#N)c1. The zero-order chi connectivity index (χ0) is 22.7. The number of hydrogen-bond donors (Lipinski definition) is 1. The van der Waals surface area contributed by atoms with Crippen LogP contribution in [0.15, 0.2) is 36.4 Å². The van der Waals surface area contributed by atoms with E-state index < -0.39 is 5.82 Å². The van der Waals surface area contributed by atoms with Crippen LogP contribution in [0.1, 0.15) is 46.3 Å². The summed E-state index contributed by atoms with van der Waals surface area (Å²) < 4.78 is 14.4. The highest BCUT2D eigenvalue weighted by Crippen LogP contribution is 2.33. The van der Waals surface area contributed by atoms with Crippen molar-refractivity contribution in [2.75, 3.05) is 31.5 Å². The minimum atomic E-state index is -0.412. The fourth-order valence-electron chi connectivity index (χ4n) is 4.05. The van der Waals surface area contributed by atoms with Gasteiger partial charge in [-0.15, -0.1) is 0 Å². The van der Waals surface area contributed by atoms with Crippen LogP contribution in [0.5, 0.6) is 0 Å². The quantitative estimate of drug-likeness (QED) is 0.752. The minimum Gasteiger partial charge on any atom is -0.340 e. The third-order valence-electron chi connectivity index (χ3n) is 6.26. The lowest BCUT2D eigenvalue weighted by Crippen LogP contribution is -2.48. The van der Waals surface area contributed by atoms with Crippen molar-refractivity contribution in [3.63, 3.8) is 0 Å². The molecule has 1 N–H and O–H groups in total. The Morgan fingerprint density at radius 2 is 1.91 bits per heavy atom. The van der Waals surface area contributed by atoms with Crippen LogP contribution in [-0.4, -0.2) is 47.8 Å². The van der Waals surface area contributed by atoms with Crippen LogP contribution in [0.4, 0.5) is 10.1 Å². The van der Waals surface area contributed by atoms with E-state index in [4.69, 9.17) is 5.26 Å². The molecule has 2 aliphatic rings. The molecule has 2 amide bonds. The summed E-state index contributed by atoms with van der Waals surface area (Å²) in [6.07, 6.45) is 3.02. The van der Waals surface area contributed by atoms with Gasteiger partial charge >= 0.3 is 0 Å². The van der Waals surface area contributed by atoms with Gasteiger partial charge in [-0.05, 0) is 67.1 Å². The molecule has 0 aromatic heterocycles. The van der Waals surface area contributed by atoms with Gasteiger partial charge in [0.2, 0.25) is 5.91 Å². The number of rotatable bonds is 6. The van der Waals surface area contributed by atoms with Crippen molar-refractivity contribution in [1.82, 2.24) is 9.80 Å². The number of carbonyl (C=O) groups is 2. The molecule has 0 bridgehead atoms. The van der Waals surface area contributed by atoms with Gasteiger partial charge < -0.3 is 10.2 Å². The van der Waals surface area contributed by atoms with Gasteiger partial charge in [0.15, 0.2) is 0 Å². The van der Waals surface area contributed by atoms with Crippen molar-refractivity contribution in [3.05, 3.63) is 64.5 Å². The predicted molar refractivity (Wildman–Crippen MR) is 119 cm³/mol. The van der Waals surface area contributed by atoms with E-state index in [2.05, 4.69) is 10.2 Å². The topological polar surface area (TPSA) is 76.4 Å². The lowest BCUT2D eigenvalue weighted by atomic mass is 10.0. The van der Waals surface area contributed by atoms with Gasteiger partial charge in [-0.3, -0.25) is 14.5 Å². The van der Waals surface area contributed by atoms with Gasteiger partial charge in [-0.1, -0.05) is 6.07 Å². The standard InChI is InChI=1S/C25H27FN4O2/c1-17-21(16-29-7-9-30(10-8-29)24(31)12-18-5-6-18)13-22(26)14-23(17)28-25(32)20-4-2-3-19(11-20)15-27/h2-4,11,13-14,18H,5-10,12,16H2,1H3,(H,28,32). The van der Waals surface area contributed by atoms with E-state index in [1.54, 1.807) is 18.2 Å². The monoisotopic (exact) mass is 434 g/mol. The maximum Gasteiger partial charge on any atom is 0.255 e. The van der Waals surface area contributed by atoms with E-state index in [1.807, 2.05) is 17.9 Å². The second-order valence-corrected chi connectivity index (χ2v) is 8.69. The first kappa shape index (κ1) is 22.0. The van der Waals surface area contributed by atoms with Crippen LogP contribution in [0.2, 0.25) is 0 Å². The lowest BCUT2D eigenvalue weighted by Gasteiger charge is -2.35. The summed E-state index contributed by atoms with van der Waals surface area (Å²) in [5.74, 6) is 0.0421. The molecule has 1 saturated carbocycles. The van der Waals surface area contributed by atoms with Crippen molar-refractivity contribution in [1.29, 1.82) is 5.26 Å². The Kier molecular flexibility index (Phi) is 6.52. The first-order chi connectivity index (χ1) is 15.4. The Balaban J connectivity index is 1.40. The molecule has 6 nitrogen and oxygen atoms in total. The maximum absolute atomic E-state index is 14.4. The normalized spacial score (nSPS) is 16.5. The molecule has 1 heterocycles. The van der Waals surface area contributed by atoms with Crippen LogP contribution < -0.4 is 5.32 Å². The zero-order valence-electron chi connectivity index (χ0n) is 18.2. The Hall–Kier alpha value is -3.24. The third kappa shape index (κ3) is 5.32. The summed E-state index contributed by atoms with van der Waals surface area (Å²) in [6.45, 7) is 5.30. The number of nitriles is 1. The van der Waals surface area contributed by atoms with Gasteiger partial charge in [0.05, 0.1) is 11.6 Å². The molecule has 1 aliphatic heterocycles. The minimum absolute atomic E-state index is 0.250. The van der Waals surface area contributed by atoms with E-state index >= 15 is 0 Å². The molecular weight excluding hydrogens is 407 g/mol. The van der Waals surface area contributed by atoms with Gasteiger partial charge in [0.25, 0.3) is 5.91 Å². The summed E-state index contributed by atoms with van der Waals surface area (Å²) >= 11 is 0. The average Bonchev–Trinajstić information content (AvgIpc) is 3.61. The molecule has 0 atom stereocenters. The molecule has 2 fully saturated rings. The summed E-state index contributed by atoms with van der Waals surface area (Å²) in [4.78, 5) is 29.1. The van der Waals surface area contributed by atoms with Crippen LogP contribution in [0.25, 0.3) is 0 Å². The summed E-state index contributed by atoms with van der Waals surface area (Å²) in [5.41, 5.74) is 2.78. The van der Waals surface area contributed by atoms with Crippen molar-refractivity contribution < 1.29 is 14.0 Å². The Labute approximate surface area is 187 Å². The predicted octanol–water partition coefficient (Wildman–Crippen LogP) is 3.70. The van der Waals surface area contributed by atoms with Crippen LogP contribution >= 0.6 is 0 Å².